The van der Waals surface area contributed by atoms with Gasteiger partial charge in [-0.3, -0.25) is 9.59 Å². The Labute approximate surface area is 113 Å². The van der Waals surface area contributed by atoms with Crippen LogP contribution < -0.4 is 0 Å². The molecule has 0 radical (unpaired) electrons. The quantitative estimate of drug-likeness (QED) is 0.818. The lowest BCUT2D eigenvalue weighted by atomic mass is 10.0. The number of amides is 1. The maximum Gasteiger partial charge on any atom is 0.311 e. The van der Waals surface area contributed by atoms with E-state index in [0.717, 1.165) is 12.8 Å². The van der Waals surface area contributed by atoms with E-state index in [2.05, 4.69) is 13.8 Å². The van der Waals surface area contributed by atoms with Crippen LogP contribution in [0.2, 0.25) is 0 Å². The predicted molar refractivity (Wildman–Crippen MR) is 69.6 cm³/mol. The smallest absolute Gasteiger partial charge is 0.311 e. The van der Waals surface area contributed by atoms with Gasteiger partial charge in [0, 0.05) is 12.5 Å². The van der Waals surface area contributed by atoms with Gasteiger partial charge in [-0.25, -0.2) is 0 Å². The number of aliphatic carboxylic acids is 1. The largest absolute Gasteiger partial charge is 0.481 e. The molecule has 2 aliphatic rings. The highest BCUT2D eigenvalue weighted by Gasteiger charge is 2.53. The molecule has 0 aromatic rings. The van der Waals surface area contributed by atoms with Gasteiger partial charge in [-0.15, -0.1) is 0 Å². The van der Waals surface area contributed by atoms with Crippen molar-refractivity contribution in [2.45, 2.75) is 39.7 Å². The van der Waals surface area contributed by atoms with Crippen molar-refractivity contribution >= 4 is 11.9 Å². The molecule has 1 aliphatic heterocycles. The van der Waals surface area contributed by atoms with Gasteiger partial charge in [-0.1, -0.05) is 20.8 Å². The Balaban J connectivity index is 2.11. The van der Waals surface area contributed by atoms with E-state index in [1.165, 1.54) is 0 Å². The van der Waals surface area contributed by atoms with Crippen LogP contribution in [0.5, 0.6) is 0 Å². The number of carboxylic acid groups (broad SMARTS) is 1. The third-order valence-electron chi connectivity index (χ3n) is 4.33. The number of rotatable bonds is 5. The number of nitrogens with zero attached hydrogens (tertiary/aromatic N) is 1. The molecule has 2 fully saturated rings. The molecule has 1 aliphatic carbocycles. The molecule has 1 saturated carbocycles. The Morgan fingerprint density at radius 2 is 2.00 bits per heavy atom. The van der Waals surface area contributed by atoms with Crippen molar-refractivity contribution in [1.29, 1.82) is 0 Å². The fourth-order valence-electron chi connectivity index (χ4n) is 2.86. The molecule has 0 spiro atoms. The van der Waals surface area contributed by atoms with Crippen molar-refractivity contribution < 1.29 is 19.4 Å². The van der Waals surface area contributed by atoms with Crippen LogP contribution in [0.1, 0.15) is 33.6 Å². The summed E-state index contributed by atoms with van der Waals surface area (Å²) >= 11 is 0. The van der Waals surface area contributed by atoms with Crippen LogP contribution in [-0.4, -0.2) is 47.7 Å². The number of hydrogen-bond acceptors (Lipinski definition) is 3. The van der Waals surface area contributed by atoms with Crippen molar-refractivity contribution in [2.75, 3.05) is 19.8 Å². The van der Waals surface area contributed by atoms with Gasteiger partial charge in [0.15, 0.2) is 0 Å². The number of carboxylic acids is 1. The fourth-order valence-corrected chi connectivity index (χ4v) is 2.86. The highest BCUT2D eigenvalue weighted by atomic mass is 16.5. The summed E-state index contributed by atoms with van der Waals surface area (Å²) in [6.45, 7) is 7.34. The van der Waals surface area contributed by atoms with E-state index in [9.17, 15) is 14.7 Å². The summed E-state index contributed by atoms with van der Waals surface area (Å²) in [5, 5.41) is 9.22. The van der Waals surface area contributed by atoms with Gasteiger partial charge in [0.2, 0.25) is 5.91 Å². The second kappa shape index (κ2) is 5.12. The maximum atomic E-state index is 12.5. The monoisotopic (exact) mass is 269 g/mol. The van der Waals surface area contributed by atoms with Crippen LogP contribution in [0, 0.1) is 17.3 Å². The molecule has 1 amide bonds. The fraction of sp³-hybridized carbons (Fsp3) is 0.857. The zero-order chi connectivity index (χ0) is 14.2. The first kappa shape index (κ1) is 14.3. The summed E-state index contributed by atoms with van der Waals surface area (Å²) in [7, 11) is 0. The highest BCUT2D eigenvalue weighted by Crippen LogP contribution is 2.52. The minimum atomic E-state index is -0.869. The van der Waals surface area contributed by atoms with E-state index in [-0.39, 0.29) is 29.9 Å². The van der Waals surface area contributed by atoms with Crippen molar-refractivity contribution in [2.24, 2.45) is 17.3 Å². The number of ether oxygens (including phenoxy) is 1. The van der Waals surface area contributed by atoms with E-state index < -0.39 is 11.9 Å². The Morgan fingerprint density at radius 1 is 1.37 bits per heavy atom. The molecule has 108 valence electrons. The number of carbonyl (C=O) groups excluding carboxylic acids is 1. The van der Waals surface area contributed by atoms with Gasteiger partial charge in [0.05, 0.1) is 19.3 Å². The van der Waals surface area contributed by atoms with Gasteiger partial charge in [0.25, 0.3) is 0 Å². The molecule has 1 heterocycles. The zero-order valence-corrected chi connectivity index (χ0v) is 11.9. The SMILES string of the molecule is CCCN(C(=O)C1CC1(C)C)C1COCC1C(=O)O. The van der Waals surface area contributed by atoms with Crippen LogP contribution in [0.25, 0.3) is 0 Å². The van der Waals surface area contributed by atoms with Crippen molar-refractivity contribution in [3.63, 3.8) is 0 Å². The van der Waals surface area contributed by atoms with Crippen molar-refractivity contribution in [3.05, 3.63) is 0 Å². The molecule has 0 bridgehead atoms. The Morgan fingerprint density at radius 3 is 2.47 bits per heavy atom. The highest BCUT2D eigenvalue weighted by molar-refractivity contribution is 5.83. The summed E-state index contributed by atoms with van der Waals surface area (Å²) in [6.07, 6.45) is 1.74. The maximum absolute atomic E-state index is 12.5. The lowest BCUT2D eigenvalue weighted by Crippen LogP contribution is -2.48. The number of hydrogen-bond donors (Lipinski definition) is 1. The standard InChI is InChI=1S/C14H23NO4/c1-4-5-15(12(16)10-6-14(10,2)3)11-8-19-7-9(11)13(17)18/h9-11H,4-8H2,1-3H3,(H,17,18). The summed E-state index contributed by atoms with van der Waals surface area (Å²) < 4.78 is 5.29. The first-order valence-electron chi connectivity index (χ1n) is 6.99. The Hall–Kier alpha value is -1.10. The van der Waals surface area contributed by atoms with Gasteiger partial charge in [0.1, 0.15) is 5.92 Å². The average molecular weight is 269 g/mol. The minimum absolute atomic E-state index is 0.0501. The molecule has 3 atom stereocenters. The van der Waals surface area contributed by atoms with Gasteiger partial charge < -0.3 is 14.7 Å². The molecule has 1 N–H and O–H groups in total. The Bertz CT molecular complexity index is 380. The molecule has 5 heteroatoms. The van der Waals surface area contributed by atoms with E-state index in [1.54, 1.807) is 4.90 Å². The molecule has 19 heavy (non-hydrogen) atoms. The van der Waals surface area contributed by atoms with Crippen molar-refractivity contribution in [1.82, 2.24) is 4.90 Å². The minimum Gasteiger partial charge on any atom is -0.481 e. The summed E-state index contributed by atoms with van der Waals surface area (Å²) in [5.41, 5.74) is 0.0707. The van der Waals surface area contributed by atoms with E-state index >= 15 is 0 Å². The third-order valence-corrected chi connectivity index (χ3v) is 4.33. The van der Waals surface area contributed by atoms with Crippen LogP contribution in [0.4, 0.5) is 0 Å². The topological polar surface area (TPSA) is 66.8 Å². The van der Waals surface area contributed by atoms with Crippen LogP contribution in [0.15, 0.2) is 0 Å². The third kappa shape index (κ3) is 2.76. The van der Waals surface area contributed by atoms with E-state index in [4.69, 9.17) is 4.74 Å². The predicted octanol–water partition coefficient (Wildman–Crippen LogP) is 1.37. The van der Waals surface area contributed by atoms with E-state index in [1.807, 2.05) is 6.92 Å². The van der Waals surface area contributed by atoms with Gasteiger partial charge >= 0.3 is 5.97 Å². The normalized spacial score (nSPS) is 32.1. The molecular formula is C14H23NO4. The van der Waals surface area contributed by atoms with E-state index in [0.29, 0.717) is 13.2 Å². The lowest BCUT2D eigenvalue weighted by Gasteiger charge is -2.31. The second-order valence-electron chi connectivity index (χ2n) is 6.33. The van der Waals surface area contributed by atoms with Gasteiger partial charge in [-0.2, -0.15) is 0 Å². The van der Waals surface area contributed by atoms with Crippen LogP contribution in [-0.2, 0) is 14.3 Å². The lowest BCUT2D eigenvalue weighted by molar-refractivity contribution is -0.145. The molecular weight excluding hydrogens is 246 g/mol. The zero-order valence-electron chi connectivity index (χ0n) is 11.9. The summed E-state index contributed by atoms with van der Waals surface area (Å²) in [4.78, 5) is 25.5. The average Bonchev–Trinajstić information content (AvgIpc) is 2.78. The van der Waals surface area contributed by atoms with Crippen LogP contribution in [0.3, 0.4) is 0 Å². The second-order valence-corrected chi connectivity index (χ2v) is 6.33. The van der Waals surface area contributed by atoms with Crippen molar-refractivity contribution in [3.8, 4) is 0 Å². The molecule has 0 aromatic carbocycles. The summed E-state index contributed by atoms with van der Waals surface area (Å²) in [5.74, 6) is -1.30. The molecule has 0 aromatic heterocycles. The number of carbonyl (C=O) groups is 2. The molecule has 2 rings (SSSR count). The van der Waals surface area contributed by atoms with Gasteiger partial charge in [-0.05, 0) is 18.3 Å². The summed E-state index contributed by atoms with van der Waals surface area (Å²) in [6, 6.07) is -0.304. The molecule has 5 nitrogen and oxygen atoms in total. The molecule has 3 unspecified atom stereocenters. The first-order valence-corrected chi connectivity index (χ1v) is 6.99. The molecule has 1 saturated heterocycles. The van der Waals surface area contributed by atoms with Crippen LogP contribution >= 0.6 is 0 Å². The Kier molecular flexibility index (Phi) is 3.85. The first-order chi connectivity index (χ1) is 8.88.